The maximum absolute atomic E-state index is 13.4. The molecular weight excluding hydrogens is 483 g/mol. The number of nitrogens with one attached hydrogen (secondary N) is 1. The van der Waals surface area contributed by atoms with Gasteiger partial charge in [0.25, 0.3) is 5.91 Å². The molecule has 1 heterocycles. The smallest absolute Gasteiger partial charge is 0.418 e. The van der Waals surface area contributed by atoms with Crippen LogP contribution in [0.2, 0.25) is 5.02 Å². The maximum Gasteiger partial charge on any atom is 0.418 e. The SMILES string of the molecule is Cc1cc(C)c2oc(-c3ccccc3Cl)c(OCC(=O)Nc3ccccc3C(F)(F)F)c(=O)c2c1. The van der Waals surface area contributed by atoms with Crippen LogP contribution in [-0.2, 0) is 11.0 Å². The van der Waals surface area contributed by atoms with Gasteiger partial charge < -0.3 is 14.5 Å². The molecule has 1 aromatic heterocycles. The molecule has 5 nitrogen and oxygen atoms in total. The number of amides is 1. The topological polar surface area (TPSA) is 68.5 Å². The van der Waals surface area contributed by atoms with E-state index in [1.54, 1.807) is 37.3 Å². The van der Waals surface area contributed by atoms with Gasteiger partial charge in [0, 0.05) is 5.56 Å². The standard InChI is InChI=1S/C26H19ClF3NO4/c1-14-11-15(2)23-17(12-14)22(33)25(24(35-23)16-7-3-5-9-19(16)27)34-13-21(32)31-20-10-6-4-8-18(20)26(28,29)30/h3-12H,13H2,1-2H3,(H,31,32). The van der Waals surface area contributed by atoms with E-state index in [1.807, 2.05) is 13.0 Å². The second-order valence-electron chi connectivity index (χ2n) is 7.91. The molecule has 35 heavy (non-hydrogen) atoms. The second kappa shape index (κ2) is 9.46. The van der Waals surface area contributed by atoms with Crippen LogP contribution in [0.25, 0.3) is 22.3 Å². The maximum atomic E-state index is 13.4. The van der Waals surface area contributed by atoms with Crippen molar-refractivity contribution in [1.82, 2.24) is 0 Å². The summed E-state index contributed by atoms with van der Waals surface area (Å²) in [6.45, 7) is 2.88. The minimum Gasteiger partial charge on any atom is -0.476 e. The van der Waals surface area contributed by atoms with Crippen molar-refractivity contribution in [2.75, 3.05) is 11.9 Å². The van der Waals surface area contributed by atoms with Crippen LogP contribution in [0.5, 0.6) is 5.75 Å². The summed E-state index contributed by atoms with van der Waals surface area (Å²) in [5.74, 6) is -1.13. The average molecular weight is 502 g/mol. The molecule has 0 spiro atoms. The van der Waals surface area contributed by atoms with Crippen LogP contribution in [0.4, 0.5) is 18.9 Å². The molecule has 0 unspecified atom stereocenters. The number of hydrogen-bond acceptors (Lipinski definition) is 4. The minimum absolute atomic E-state index is 0.0172. The fourth-order valence-corrected chi connectivity index (χ4v) is 3.97. The van der Waals surface area contributed by atoms with E-state index in [1.165, 1.54) is 12.1 Å². The Hall–Kier alpha value is -3.78. The molecule has 0 bridgehead atoms. The summed E-state index contributed by atoms with van der Waals surface area (Å²) in [7, 11) is 0. The minimum atomic E-state index is -4.66. The summed E-state index contributed by atoms with van der Waals surface area (Å²) in [5, 5.41) is 2.72. The van der Waals surface area contributed by atoms with Gasteiger partial charge in [-0.15, -0.1) is 0 Å². The molecule has 0 atom stereocenters. The quantitative estimate of drug-likeness (QED) is 0.328. The number of ether oxygens (including phenoxy) is 1. The third-order valence-electron chi connectivity index (χ3n) is 5.25. The zero-order valence-electron chi connectivity index (χ0n) is 18.6. The van der Waals surface area contributed by atoms with E-state index in [0.29, 0.717) is 11.1 Å². The van der Waals surface area contributed by atoms with Gasteiger partial charge in [-0.3, -0.25) is 9.59 Å². The van der Waals surface area contributed by atoms with Crippen LogP contribution in [0.3, 0.4) is 0 Å². The Labute approximate surface area is 203 Å². The largest absolute Gasteiger partial charge is 0.476 e. The first-order chi connectivity index (χ1) is 16.6. The molecule has 0 saturated carbocycles. The Bertz CT molecular complexity index is 1490. The summed E-state index contributed by atoms with van der Waals surface area (Å²) in [6.07, 6.45) is -4.66. The lowest BCUT2D eigenvalue weighted by molar-refractivity contribution is -0.137. The van der Waals surface area contributed by atoms with E-state index >= 15 is 0 Å². The summed E-state index contributed by atoms with van der Waals surface area (Å²) < 4.78 is 51.4. The predicted octanol–water partition coefficient (Wildman–Crippen LogP) is 6.77. The van der Waals surface area contributed by atoms with Crippen LogP contribution < -0.4 is 15.5 Å². The highest BCUT2D eigenvalue weighted by Gasteiger charge is 2.33. The van der Waals surface area contributed by atoms with E-state index in [4.69, 9.17) is 20.8 Å². The Morgan fingerprint density at radius 1 is 1.06 bits per heavy atom. The molecule has 180 valence electrons. The number of fused-ring (bicyclic) bond motifs is 1. The van der Waals surface area contributed by atoms with Gasteiger partial charge in [0.2, 0.25) is 11.2 Å². The van der Waals surface area contributed by atoms with Crippen molar-refractivity contribution in [1.29, 1.82) is 0 Å². The molecule has 1 N–H and O–H groups in total. The van der Waals surface area contributed by atoms with E-state index in [9.17, 15) is 22.8 Å². The zero-order valence-corrected chi connectivity index (χ0v) is 19.4. The van der Waals surface area contributed by atoms with E-state index in [2.05, 4.69) is 5.32 Å². The first-order valence-corrected chi connectivity index (χ1v) is 10.9. The Balaban J connectivity index is 1.73. The number of carbonyl (C=O) groups excluding carboxylic acids is 1. The normalized spacial score (nSPS) is 11.5. The van der Waals surface area contributed by atoms with Gasteiger partial charge in [-0.05, 0) is 55.3 Å². The molecule has 3 aromatic carbocycles. The fourth-order valence-electron chi connectivity index (χ4n) is 3.75. The molecule has 9 heteroatoms. The summed E-state index contributed by atoms with van der Waals surface area (Å²) in [6, 6.07) is 14.7. The van der Waals surface area contributed by atoms with Crippen molar-refractivity contribution in [3.8, 4) is 17.1 Å². The summed E-state index contributed by atoms with van der Waals surface area (Å²) >= 11 is 6.33. The number of aryl methyl sites for hydroxylation is 2. The fraction of sp³-hybridized carbons (Fsp3) is 0.154. The van der Waals surface area contributed by atoms with Crippen molar-refractivity contribution in [3.63, 3.8) is 0 Å². The monoisotopic (exact) mass is 501 g/mol. The highest BCUT2D eigenvalue weighted by atomic mass is 35.5. The second-order valence-corrected chi connectivity index (χ2v) is 8.32. The number of rotatable bonds is 5. The van der Waals surface area contributed by atoms with Gasteiger partial charge in [-0.1, -0.05) is 41.9 Å². The number of para-hydroxylation sites is 1. The Morgan fingerprint density at radius 2 is 1.74 bits per heavy atom. The average Bonchev–Trinajstić information content (AvgIpc) is 2.79. The molecule has 0 aliphatic carbocycles. The number of halogens is 4. The summed E-state index contributed by atoms with van der Waals surface area (Å²) in [4.78, 5) is 25.9. The van der Waals surface area contributed by atoms with E-state index < -0.39 is 35.4 Å². The van der Waals surface area contributed by atoms with Gasteiger partial charge in [-0.25, -0.2) is 0 Å². The molecule has 0 aliphatic heterocycles. The van der Waals surface area contributed by atoms with Gasteiger partial charge in [-0.2, -0.15) is 13.2 Å². The third kappa shape index (κ3) is 5.02. The van der Waals surface area contributed by atoms with Gasteiger partial charge >= 0.3 is 6.18 Å². The van der Waals surface area contributed by atoms with Gasteiger partial charge in [0.15, 0.2) is 12.4 Å². The van der Waals surface area contributed by atoms with Crippen molar-refractivity contribution >= 4 is 34.2 Å². The van der Waals surface area contributed by atoms with Crippen molar-refractivity contribution < 1.29 is 27.1 Å². The van der Waals surface area contributed by atoms with Crippen LogP contribution in [-0.4, -0.2) is 12.5 Å². The first kappa shape index (κ1) is 24.3. The Morgan fingerprint density at radius 3 is 2.46 bits per heavy atom. The predicted molar refractivity (Wildman–Crippen MR) is 128 cm³/mol. The number of anilines is 1. The van der Waals surface area contributed by atoms with Gasteiger partial charge in [0.1, 0.15) is 5.58 Å². The van der Waals surface area contributed by atoms with E-state index in [-0.39, 0.29) is 21.9 Å². The number of alkyl halides is 3. The summed E-state index contributed by atoms with van der Waals surface area (Å²) in [5.41, 5.74) is 0.297. The van der Waals surface area contributed by atoms with Crippen molar-refractivity contribution in [3.05, 3.63) is 92.6 Å². The lowest BCUT2D eigenvalue weighted by Crippen LogP contribution is -2.24. The number of benzene rings is 3. The van der Waals surface area contributed by atoms with Crippen molar-refractivity contribution in [2.24, 2.45) is 0 Å². The molecule has 0 aliphatic rings. The number of hydrogen-bond donors (Lipinski definition) is 1. The first-order valence-electron chi connectivity index (χ1n) is 10.5. The highest BCUT2D eigenvalue weighted by molar-refractivity contribution is 6.33. The molecule has 4 rings (SSSR count). The van der Waals surface area contributed by atoms with Crippen LogP contribution in [0, 0.1) is 13.8 Å². The molecule has 4 aromatic rings. The zero-order chi connectivity index (χ0) is 25.3. The van der Waals surface area contributed by atoms with Crippen LogP contribution >= 0.6 is 11.6 Å². The van der Waals surface area contributed by atoms with Crippen LogP contribution in [0.1, 0.15) is 16.7 Å². The molecule has 0 radical (unpaired) electrons. The lowest BCUT2D eigenvalue weighted by atomic mass is 10.1. The lowest BCUT2D eigenvalue weighted by Gasteiger charge is -2.15. The number of carbonyl (C=O) groups is 1. The third-order valence-corrected chi connectivity index (χ3v) is 5.58. The Kier molecular flexibility index (Phi) is 6.58. The van der Waals surface area contributed by atoms with Crippen molar-refractivity contribution in [2.45, 2.75) is 20.0 Å². The molecule has 0 fully saturated rings. The molecular formula is C26H19ClF3NO4. The highest BCUT2D eigenvalue weighted by Crippen LogP contribution is 2.37. The van der Waals surface area contributed by atoms with Gasteiger partial charge in [0.05, 0.1) is 21.7 Å². The van der Waals surface area contributed by atoms with Crippen LogP contribution in [0.15, 0.2) is 69.9 Å². The van der Waals surface area contributed by atoms with E-state index in [0.717, 1.165) is 23.3 Å². The molecule has 1 amide bonds. The molecule has 0 saturated heterocycles.